The van der Waals surface area contributed by atoms with Gasteiger partial charge in [0.2, 0.25) is 5.91 Å². The van der Waals surface area contributed by atoms with Gasteiger partial charge in [-0.3, -0.25) is 9.59 Å². The van der Waals surface area contributed by atoms with E-state index in [1.165, 1.54) is 0 Å². The molecule has 0 aromatic heterocycles. The van der Waals surface area contributed by atoms with E-state index in [1.807, 2.05) is 0 Å². The Balaban J connectivity index is 2.10. The average Bonchev–Trinajstić information content (AvgIpc) is 2.87. The van der Waals surface area contributed by atoms with E-state index < -0.39 is 16.9 Å². The van der Waals surface area contributed by atoms with Crippen molar-refractivity contribution in [1.82, 2.24) is 10.6 Å². The van der Waals surface area contributed by atoms with E-state index in [2.05, 4.69) is 10.6 Å². The van der Waals surface area contributed by atoms with Gasteiger partial charge in [0.05, 0.1) is 24.0 Å². The van der Waals surface area contributed by atoms with Crippen molar-refractivity contribution < 1.29 is 19.4 Å². The monoisotopic (exact) mass is 298 g/mol. The molecule has 1 aliphatic carbocycles. The molecule has 0 atom stereocenters. The van der Waals surface area contributed by atoms with Gasteiger partial charge in [0.15, 0.2) is 0 Å². The third kappa shape index (κ3) is 3.74. The van der Waals surface area contributed by atoms with Crippen LogP contribution in [0.1, 0.15) is 44.9 Å². The van der Waals surface area contributed by atoms with E-state index in [0.717, 1.165) is 51.6 Å². The van der Waals surface area contributed by atoms with Gasteiger partial charge in [-0.1, -0.05) is 12.8 Å². The van der Waals surface area contributed by atoms with Crippen molar-refractivity contribution >= 4 is 11.9 Å². The van der Waals surface area contributed by atoms with Crippen molar-refractivity contribution in [1.29, 1.82) is 0 Å². The zero-order chi connectivity index (χ0) is 15.3. The van der Waals surface area contributed by atoms with Crippen molar-refractivity contribution in [2.24, 2.45) is 5.41 Å². The maximum atomic E-state index is 12.8. The molecule has 6 nitrogen and oxygen atoms in total. The lowest BCUT2D eigenvalue weighted by Crippen LogP contribution is -2.57. The Labute approximate surface area is 125 Å². The summed E-state index contributed by atoms with van der Waals surface area (Å²) in [5, 5.41) is 15.5. The summed E-state index contributed by atoms with van der Waals surface area (Å²) in [5.74, 6) is -0.877. The lowest BCUT2D eigenvalue weighted by Gasteiger charge is -2.39. The van der Waals surface area contributed by atoms with Crippen LogP contribution in [0.4, 0.5) is 0 Å². The summed E-state index contributed by atoms with van der Waals surface area (Å²) in [6, 6.07) is 0. The third-order valence-electron chi connectivity index (χ3n) is 4.89. The zero-order valence-corrected chi connectivity index (χ0v) is 12.7. The summed E-state index contributed by atoms with van der Waals surface area (Å²) >= 11 is 0. The minimum atomic E-state index is -0.844. The van der Waals surface area contributed by atoms with Crippen LogP contribution in [0.25, 0.3) is 0 Å². The third-order valence-corrected chi connectivity index (χ3v) is 4.89. The number of aliphatic carboxylic acids is 1. The molecule has 0 unspecified atom stereocenters. The molecule has 6 heteroatoms. The van der Waals surface area contributed by atoms with Crippen LogP contribution in [0.3, 0.4) is 0 Å². The van der Waals surface area contributed by atoms with E-state index >= 15 is 0 Å². The molecule has 2 fully saturated rings. The lowest BCUT2D eigenvalue weighted by atomic mass is 9.77. The van der Waals surface area contributed by atoms with Crippen molar-refractivity contribution in [3.8, 4) is 0 Å². The average molecular weight is 298 g/mol. The van der Waals surface area contributed by atoms with E-state index in [-0.39, 0.29) is 12.3 Å². The minimum Gasteiger partial charge on any atom is -0.481 e. The van der Waals surface area contributed by atoms with Crippen LogP contribution >= 0.6 is 0 Å². The molecule has 0 spiro atoms. The maximum Gasteiger partial charge on any atom is 0.305 e. The van der Waals surface area contributed by atoms with Crippen molar-refractivity contribution in [3.63, 3.8) is 0 Å². The molecule has 3 N–H and O–H groups in total. The van der Waals surface area contributed by atoms with Gasteiger partial charge < -0.3 is 20.5 Å². The number of methoxy groups -OCH3 is 1. The first-order chi connectivity index (χ1) is 10.0. The highest BCUT2D eigenvalue weighted by atomic mass is 16.5. The van der Waals surface area contributed by atoms with Crippen LogP contribution in [0.15, 0.2) is 0 Å². The first-order valence-corrected chi connectivity index (χ1v) is 7.76. The number of hydrogen-bond acceptors (Lipinski definition) is 4. The fourth-order valence-corrected chi connectivity index (χ4v) is 3.68. The van der Waals surface area contributed by atoms with Crippen LogP contribution < -0.4 is 10.6 Å². The zero-order valence-electron chi connectivity index (χ0n) is 12.7. The largest absolute Gasteiger partial charge is 0.481 e. The molecule has 1 saturated heterocycles. The topological polar surface area (TPSA) is 87.7 Å². The Hall–Kier alpha value is -1.14. The predicted octanol–water partition coefficient (Wildman–Crippen LogP) is 0.906. The highest BCUT2D eigenvalue weighted by Crippen LogP contribution is 2.36. The molecular formula is C15H26N2O4. The highest BCUT2D eigenvalue weighted by Gasteiger charge is 2.45. The normalized spacial score (nSPS) is 23.7. The second-order valence-electron chi connectivity index (χ2n) is 6.48. The SMILES string of the molecule is COCC1(C(=O)NC2(CC(=O)O)CCCC2)CCNCC1. The smallest absolute Gasteiger partial charge is 0.305 e. The van der Waals surface area contributed by atoms with Crippen molar-refractivity contribution in [2.45, 2.75) is 50.5 Å². The molecule has 2 aliphatic rings. The fraction of sp³-hybridized carbons (Fsp3) is 0.867. The number of rotatable bonds is 6. The Morgan fingerprint density at radius 2 is 1.81 bits per heavy atom. The van der Waals surface area contributed by atoms with Gasteiger partial charge in [0.1, 0.15) is 0 Å². The minimum absolute atomic E-state index is 0.0139. The second kappa shape index (κ2) is 6.75. The van der Waals surface area contributed by atoms with E-state index in [4.69, 9.17) is 9.84 Å². The summed E-state index contributed by atoms with van der Waals surface area (Å²) < 4.78 is 5.28. The summed E-state index contributed by atoms with van der Waals surface area (Å²) in [6.45, 7) is 1.98. The van der Waals surface area contributed by atoms with Crippen molar-refractivity contribution in [2.75, 3.05) is 26.8 Å². The van der Waals surface area contributed by atoms with Gasteiger partial charge in [-0.05, 0) is 38.8 Å². The van der Waals surface area contributed by atoms with Crippen molar-refractivity contribution in [3.05, 3.63) is 0 Å². The quantitative estimate of drug-likeness (QED) is 0.678. The Kier molecular flexibility index (Phi) is 5.22. The number of carboxylic acids is 1. The second-order valence-corrected chi connectivity index (χ2v) is 6.48. The Morgan fingerprint density at radius 3 is 2.33 bits per heavy atom. The van der Waals surface area contributed by atoms with E-state index in [1.54, 1.807) is 7.11 Å². The molecule has 1 heterocycles. The number of carboxylic acid groups (broad SMARTS) is 1. The van der Waals surface area contributed by atoms with E-state index in [9.17, 15) is 9.59 Å². The summed E-state index contributed by atoms with van der Waals surface area (Å²) in [4.78, 5) is 24.0. The molecule has 1 saturated carbocycles. The lowest BCUT2D eigenvalue weighted by molar-refractivity contribution is -0.142. The van der Waals surface area contributed by atoms with Crippen LogP contribution in [0.5, 0.6) is 0 Å². The maximum absolute atomic E-state index is 12.8. The number of ether oxygens (including phenoxy) is 1. The molecule has 0 bridgehead atoms. The van der Waals surface area contributed by atoms with Gasteiger partial charge in [-0.2, -0.15) is 0 Å². The number of hydrogen-bond donors (Lipinski definition) is 3. The molecule has 1 amide bonds. The summed E-state index contributed by atoms with van der Waals surface area (Å²) in [6.07, 6.45) is 4.95. The summed E-state index contributed by atoms with van der Waals surface area (Å²) in [5.41, 5.74) is -1.08. The Morgan fingerprint density at radius 1 is 1.19 bits per heavy atom. The first-order valence-electron chi connectivity index (χ1n) is 7.76. The van der Waals surface area contributed by atoms with Gasteiger partial charge in [-0.15, -0.1) is 0 Å². The van der Waals surface area contributed by atoms with Gasteiger partial charge >= 0.3 is 5.97 Å². The Bertz CT molecular complexity index is 380. The van der Waals surface area contributed by atoms with E-state index in [0.29, 0.717) is 6.61 Å². The number of carbonyl (C=O) groups is 2. The number of nitrogens with one attached hydrogen (secondary N) is 2. The number of amides is 1. The number of piperidine rings is 1. The molecule has 120 valence electrons. The van der Waals surface area contributed by atoms with Gasteiger partial charge in [0.25, 0.3) is 0 Å². The molecule has 21 heavy (non-hydrogen) atoms. The van der Waals surface area contributed by atoms with Crippen LogP contribution in [0, 0.1) is 5.41 Å². The molecular weight excluding hydrogens is 272 g/mol. The number of carbonyl (C=O) groups excluding carboxylic acids is 1. The summed E-state index contributed by atoms with van der Waals surface area (Å²) in [7, 11) is 1.61. The predicted molar refractivity (Wildman–Crippen MR) is 78.0 cm³/mol. The van der Waals surface area contributed by atoms with Crippen LogP contribution in [-0.4, -0.2) is 49.3 Å². The molecule has 0 radical (unpaired) electrons. The fourth-order valence-electron chi connectivity index (χ4n) is 3.68. The van der Waals surface area contributed by atoms with Gasteiger partial charge in [0, 0.05) is 7.11 Å². The van der Waals surface area contributed by atoms with Crippen LogP contribution in [0.2, 0.25) is 0 Å². The highest BCUT2D eigenvalue weighted by molar-refractivity contribution is 5.84. The molecule has 0 aromatic carbocycles. The molecule has 0 aromatic rings. The molecule has 2 rings (SSSR count). The van der Waals surface area contributed by atoms with Crippen LogP contribution in [-0.2, 0) is 14.3 Å². The standard InChI is InChI=1S/C15H26N2O4/c1-21-11-14(6-8-16-9-7-14)13(20)17-15(10-12(18)19)4-2-3-5-15/h16H,2-11H2,1H3,(H,17,20)(H,18,19). The first kappa shape index (κ1) is 16.2. The molecule has 1 aliphatic heterocycles. The van der Waals surface area contributed by atoms with Gasteiger partial charge in [-0.25, -0.2) is 0 Å².